The van der Waals surface area contributed by atoms with E-state index in [1.807, 2.05) is 18.2 Å². The Morgan fingerprint density at radius 3 is 2.93 bits per heavy atom. The largest absolute Gasteiger partial charge is 0.488 e. The number of ether oxygens (including phenoxy) is 1. The van der Waals surface area contributed by atoms with Crippen LogP contribution in [0.5, 0.6) is 5.75 Å². The number of nitrogens with two attached hydrogens (primary N) is 1. The van der Waals surface area contributed by atoms with Gasteiger partial charge in [0.25, 0.3) is 0 Å². The number of fused-ring (bicyclic) bond motifs is 1. The first-order chi connectivity index (χ1) is 7.02. The third-order valence-corrected chi connectivity index (χ3v) is 3.06. The smallest absolute Gasteiger partial charge is 0.123 e. The normalized spacial score (nSPS) is 23.1. The fourth-order valence-electron chi connectivity index (χ4n) is 2.18. The summed E-state index contributed by atoms with van der Waals surface area (Å²) < 4.78 is 5.89. The standard InChI is InChI=1S/C12H16ClNO/c1-12(2)6-8(7-14)10-5-9(13)3-4-11(10)15-12/h3-5,8H,6-7,14H2,1-2H3. The maximum absolute atomic E-state index is 5.97. The minimum atomic E-state index is -0.134. The van der Waals surface area contributed by atoms with Gasteiger partial charge in [-0.15, -0.1) is 0 Å². The third-order valence-electron chi connectivity index (χ3n) is 2.82. The zero-order valence-electron chi connectivity index (χ0n) is 9.09. The predicted octanol–water partition coefficient (Wildman–Crippen LogP) is 2.94. The highest BCUT2D eigenvalue weighted by atomic mass is 35.5. The Morgan fingerprint density at radius 1 is 1.53 bits per heavy atom. The fourth-order valence-corrected chi connectivity index (χ4v) is 2.36. The molecular formula is C12H16ClNO. The van der Waals surface area contributed by atoms with Crippen molar-refractivity contribution in [3.8, 4) is 5.75 Å². The molecule has 1 heterocycles. The van der Waals surface area contributed by atoms with Crippen LogP contribution in [-0.4, -0.2) is 12.1 Å². The van der Waals surface area contributed by atoms with Crippen LogP contribution < -0.4 is 10.5 Å². The molecule has 0 fully saturated rings. The Labute approximate surface area is 95.4 Å². The van der Waals surface area contributed by atoms with E-state index in [9.17, 15) is 0 Å². The van der Waals surface area contributed by atoms with Crippen molar-refractivity contribution >= 4 is 11.6 Å². The van der Waals surface area contributed by atoms with Crippen LogP contribution >= 0.6 is 11.6 Å². The van der Waals surface area contributed by atoms with Crippen LogP contribution in [0.3, 0.4) is 0 Å². The maximum Gasteiger partial charge on any atom is 0.123 e. The van der Waals surface area contributed by atoms with Crippen molar-refractivity contribution in [2.24, 2.45) is 5.73 Å². The van der Waals surface area contributed by atoms with E-state index in [4.69, 9.17) is 22.1 Å². The first-order valence-corrected chi connectivity index (χ1v) is 5.58. The summed E-state index contributed by atoms with van der Waals surface area (Å²) >= 11 is 5.97. The van der Waals surface area contributed by atoms with Crippen molar-refractivity contribution in [1.29, 1.82) is 0 Å². The van der Waals surface area contributed by atoms with Crippen molar-refractivity contribution in [1.82, 2.24) is 0 Å². The second kappa shape index (κ2) is 3.69. The molecule has 0 radical (unpaired) electrons. The van der Waals surface area contributed by atoms with Gasteiger partial charge in [-0.3, -0.25) is 0 Å². The molecule has 2 rings (SSSR count). The van der Waals surface area contributed by atoms with Crippen LogP contribution in [-0.2, 0) is 0 Å². The molecule has 1 aliphatic rings. The van der Waals surface area contributed by atoms with Crippen molar-refractivity contribution < 1.29 is 4.74 Å². The molecule has 15 heavy (non-hydrogen) atoms. The molecule has 3 heteroatoms. The van der Waals surface area contributed by atoms with Gasteiger partial charge in [-0.25, -0.2) is 0 Å². The van der Waals surface area contributed by atoms with E-state index in [0.717, 1.165) is 22.8 Å². The van der Waals surface area contributed by atoms with Gasteiger partial charge in [-0.1, -0.05) is 11.6 Å². The van der Waals surface area contributed by atoms with Crippen LogP contribution in [0, 0.1) is 0 Å². The van der Waals surface area contributed by atoms with E-state index in [-0.39, 0.29) is 5.60 Å². The third kappa shape index (κ3) is 2.11. The molecule has 1 aromatic rings. The second-order valence-electron chi connectivity index (χ2n) is 4.68. The molecular weight excluding hydrogens is 210 g/mol. The van der Waals surface area contributed by atoms with Gasteiger partial charge in [0.05, 0.1) is 0 Å². The van der Waals surface area contributed by atoms with Crippen molar-refractivity contribution in [2.45, 2.75) is 31.8 Å². The summed E-state index contributed by atoms with van der Waals surface area (Å²) in [5, 5.41) is 0.746. The quantitative estimate of drug-likeness (QED) is 0.798. The number of benzene rings is 1. The van der Waals surface area contributed by atoms with E-state index in [1.165, 1.54) is 0 Å². The summed E-state index contributed by atoms with van der Waals surface area (Å²) in [6.07, 6.45) is 0.941. The van der Waals surface area contributed by atoms with Gasteiger partial charge in [0, 0.05) is 16.5 Å². The van der Waals surface area contributed by atoms with Gasteiger partial charge in [0.2, 0.25) is 0 Å². The molecule has 0 saturated carbocycles. The number of hydrogen-bond acceptors (Lipinski definition) is 2. The molecule has 2 nitrogen and oxygen atoms in total. The minimum Gasteiger partial charge on any atom is -0.488 e. The second-order valence-corrected chi connectivity index (χ2v) is 5.12. The lowest BCUT2D eigenvalue weighted by Crippen LogP contribution is -2.36. The zero-order valence-corrected chi connectivity index (χ0v) is 9.84. The molecule has 2 N–H and O–H groups in total. The van der Waals surface area contributed by atoms with Crippen LogP contribution in [0.15, 0.2) is 18.2 Å². The molecule has 1 unspecified atom stereocenters. The van der Waals surface area contributed by atoms with Gasteiger partial charge in [0.1, 0.15) is 11.4 Å². The molecule has 0 aromatic heterocycles. The fraction of sp³-hybridized carbons (Fsp3) is 0.500. The Bertz CT molecular complexity index is 376. The Hall–Kier alpha value is -0.730. The molecule has 0 spiro atoms. The highest BCUT2D eigenvalue weighted by molar-refractivity contribution is 6.30. The SMILES string of the molecule is CC1(C)CC(CN)c2cc(Cl)ccc2O1. The van der Waals surface area contributed by atoms with Gasteiger partial charge in [-0.2, -0.15) is 0 Å². The first-order valence-electron chi connectivity index (χ1n) is 5.20. The van der Waals surface area contributed by atoms with E-state index < -0.39 is 0 Å². The minimum absolute atomic E-state index is 0.134. The molecule has 1 aliphatic heterocycles. The number of rotatable bonds is 1. The van der Waals surface area contributed by atoms with Crippen molar-refractivity contribution in [2.75, 3.05) is 6.54 Å². The Morgan fingerprint density at radius 2 is 2.27 bits per heavy atom. The van der Waals surface area contributed by atoms with E-state index in [0.29, 0.717) is 12.5 Å². The van der Waals surface area contributed by atoms with Gasteiger partial charge < -0.3 is 10.5 Å². The maximum atomic E-state index is 5.97. The van der Waals surface area contributed by atoms with Gasteiger partial charge >= 0.3 is 0 Å². The molecule has 0 aliphatic carbocycles. The summed E-state index contributed by atoms with van der Waals surface area (Å²) in [7, 11) is 0. The average molecular weight is 226 g/mol. The summed E-state index contributed by atoms with van der Waals surface area (Å²) in [6, 6.07) is 5.75. The van der Waals surface area contributed by atoms with Crippen LogP contribution in [0.1, 0.15) is 31.7 Å². The van der Waals surface area contributed by atoms with Crippen LogP contribution in [0.2, 0.25) is 5.02 Å². The summed E-state index contributed by atoms with van der Waals surface area (Å²) in [6.45, 7) is 4.82. The number of hydrogen-bond donors (Lipinski definition) is 1. The van der Waals surface area contributed by atoms with Gasteiger partial charge in [0.15, 0.2) is 0 Å². The van der Waals surface area contributed by atoms with Crippen molar-refractivity contribution in [3.63, 3.8) is 0 Å². The summed E-state index contributed by atoms with van der Waals surface area (Å²) in [5.41, 5.74) is 6.80. The molecule has 0 amide bonds. The molecule has 1 aromatic carbocycles. The van der Waals surface area contributed by atoms with E-state index in [2.05, 4.69) is 13.8 Å². The van der Waals surface area contributed by atoms with Crippen molar-refractivity contribution in [3.05, 3.63) is 28.8 Å². The van der Waals surface area contributed by atoms with E-state index in [1.54, 1.807) is 0 Å². The Balaban J connectivity index is 2.44. The molecule has 82 valence electrons. The molecule has 1 atom stereocenters. The topological polar surface area (TPSA) is 35.2 Å². The predicted molar refractivity (Wildman–Crippen MR) is 62.6 cm³/mol. The highest BCUT2D eigenvalue weighted by Crippen LogP contribution is 2.41. The van der Waals surface area contributed by atoms with Gasteiger partial charge in [-0.05, 0) is 45.0 Å². The van der Waals surface area contributed by atoms with E-state index >= 15 is 0 Å². The highest BCUT2D eigenvalue weighted by Gasteiger charge is 2.32. The average Bonchev–Trinajstić information content (AvgIpc) is 2.16. The summed E-state index contributed by atoms with van der Waals surface area (Å²) in [4.78, 5) is 0. The lowest BCUT2D eigenvalue weighted by atomic mass is 9.84. The Kier molecular flexibility index (Phi) is 2.65. The van der Waals surface area contributed by atoms with Crippen LogP contribution in [0.4, 0.5) is 0 Å². The zero-order chi connectivity index (χ0) is 11.1. The van der Waals surface area contributed by atoms with Crippen LogP contribution in [0.25, 0.3) is 0 Å². The number of halogens is 1. The first kappa shape index (κ1) is 10.8. The molecule has 0 bridgehead atoms. The molecule has 0 saturated heterocycles. The lowest BCUT2D eigenvalue weighted by Gasteiger charge is -2.37. The summed E-state index contributed by atoms with van der Waals surface area (Å²) in [5.74, 6) is 1.27. The monoisotopic (exact) mass is 225 g/mol. The lowest BCUT2D eigenvalue weighted by molar-refractivity contribution is 0.0731.